The number of nitrogens with one attached hydrogen (secondary N) is 1. The van der Waals surface area contributed by atoms with Gasteiger partial charge in [-0.1, -0.05) is 6.07 Å². The number of benzene rings is 2. The highest BCUT2D eigenvalue weighted by molar-refractivity contribution is 6.14. The van der Waals surface area contributed by atoms with E-state index in [9.17, 15) is 19.2 Å². The van der Waals surface area contributed by atoms with E-state index in [2.05, 4.69) is 5.32 Å². The molecule has 11 nitrogen and oxygen atoms in total. The molecule has 0 saturated carbocycles. The SMILES string of the molecule is COc1ccc(C=C2Oc3cc(OCC(=O)N[C@@H](CCC(=O)O)C(=O)O)ccc3C2=O)cc1OC. The van der Waals surface area contributed by atoms with Gasteiger partial charge in [-0.3, -0.25) is 14.4 Å². The zero-order valence-corrected chi connectivity index (χ0v) is 18.9. The zero-order valence-electron chi connectivity index (χ0n) is 18.9. The number of rotatable bonds is 11. The van der Waals surface area contributed by atoms with Crippen LogP contribution in [0.15, 0.2) is 42.2 Å². The van der Waals surface area contributed by atoms with Crippen LogP contribution in [0.3, 0.4) is 0 Å². The summed E-state index contributed by atoms with van der Waals surface area (Å²) in [6, 6.07) is 8.19. The molecule has 35 heavy (non-hydrogen) atoms. The predicted octanol–water partition coefficient (Wildman–Crippen LogP) is 2.13. The minimum Gasteiger partial charge on any atom is -0.493 e. The number of fused-ring (bicyclic) bond motifs is 1. The highest BCUT2D eigenvalue weighted by atomic mass is 16.5. The van der Waals surface area contributed by atoms with Gasteiger partial charge in [-0.15, -0.1) is 0 Å². The summed E-state index contributed by atoms with van der Waals surface area (Å²) >= 11 is 0. The maximum absolute atomic E-state index is 12.7. The van der Waals surface area contributed by atoms with Crippen LogP contribution in [0.4, 0.5) is 0 Å². The number of carboxylic acids is 2. The van der Waals surface area contributed by atoms with Gasteiger partial charge in [-0.05, 0) is 42.3 Å². The number of aliphatic carboxylic acids is 2. The van der Waals surface area contributed by atoms with Gasteiger partial charge >= 0.3 is 11.9 Å². The highest BCUT2D eigenvalue weighted by Crippen LogP contribution is 2.36. The van der Waals surface area contributed by atoms with Gasteiger partial charge in [0.1, 0.15) is 17.5 Å². The van der Waals surface area contributed by atoms with Crippen molar-refractivity contribution in [2.75, 3.05) is 20.8 Å². The van der Waals surface area contributed by atoms with Crippen molar-refractivity contribution in [3.63, 3.8) is 0 Å². The number of carbonyl (C=O) groups is 4. The third kappa shape index (κ3) is 6.28. The van der Waals surface area contributed by atoms with Gasteiger partial charge in [0.05, 0.1) is 19.8 Å². The molecule has 0 bridgehead atoms. The average molecular weight is 485 g/mol. The van der Waals surface area contributed by atoms with E-state index >= 15 is 0 Å². The molecule has 1 heterocycles. The third-order valence-electron chi connectivity index (χ3n) is 5.00. The Hall–Kier alpha value is -4.54. The number of ketones is 1. The first-order valence-electron chi connectivity index (χ1n) is 10.4. The number of Topliss-reactive ketones (excluding diaryl/α,β-unsaturated/α-hetero) is 1. The molecule has 0 radical (unpaired) electrons. The van der Waals surface area contributed by atoms with Crippen LogP contribution in [0, 0.1) is 0 Å². The van der Waals surface area contributed by atoms with Crippen molar-refractivity contribution >= 4 is 29.7 Å². The van der Waals surface area contributed by atoms with E-state index < -0.39 is 36.9 Å². The van der Waals surface area contributed by atoms with E-state index in [0.29, 0.717) is 22.6 Å². The molecule has 0 aromatic heterocycles. The van der Waals surface area contributed by atoms with Crippen LogP contribution in [0.25, 0.3) is 6.08 Å². The maximum atomic E-state index is 12.7. The van der Waals surface area contributed by atoms with Crippen molar-refractivity contribution in [1.82, 2.24) is 5.32 Å². The predicted molar refractivity (Wildman–Crippen MR) is 121 cm³/mol. The van der Waals surface area contributed by atoms with E-state index in [1.807, 2.05) is 0 Å². The van der Waals surface area contributed by atoms with E-state index in [0.717, 1.165) is 0 Å². The van der Waals surface area contributed by atoms with Gasteiger partial charge in [-0.2, -0.15) is 0 Å². The smallest absolute Gasteiger partial charge is 0.326 e. The van der Waals surface area contributed by atoms with Gasteiger partial charge in [-0.25, -0.2) is 4.79 Å². The van der Waals surface area contributed by atoms with E-state index in [1.165, 1.54) is 32.4 Å². The molecule has 1 amide bonds. The normalized spacial score (nSPS) is 14.0. The number of carboxylic acid groups (broad SMARTS) is 2. The molecule has 1 atom stereocenters. The maximum Gasteiger partial charge on any atom is 0.326 e. The molecular formula is C24H23NO10. The molecule has 0 spiro atoms. The molecule has 11 heteroatoms. The molecule has 3 rings (SSSR count). The topological polar surface area (TPSA) is 158 Å². The van der Waals surface area contributed by atoms with E-state index in [-0.39, 0.29) is 29.5 Å². The summed E-state index contributed by atoms with van der Waals surface area (Å²) in [5.41, 5.74) is 0.968. The Kier molecular flexibility index (Phi) is 7.92. The Bertz CT molecular complexity index is 1190. The second kappa shape index (κ2) is 11.1. The molecule has 0 aliphatic carbocycles. The standard InChI is InChI=1S/C24H23NO10/c1-32-17-7-3-13(9-19(17)33-2)10-20-23(29)15-5-4-14(11-18(15)35-20)34-12-21(26)25-16(24(30)31)6-8-22(27)28/h3-5,7,9-11,16H,6,8,12H2,1-2H3,(H,25,26)(H,27,28)(H,30,31)/t16-/m0/s1. The van der Waals surface area contributed by atoms with Crippen LogP contribution in [-0.2, 0) is 14.4 Å². The number of carbonyl (C=O) groups excluding carboxylic acids is 2. The fourth-order valence-corrected chi connectivity index (χ4v) is 3.26. The molecule has 1 aliphatic heterocycles. The molecule has 0 fully saturated rings. The number of allylic oxidation sites excluding steroid dienone is 1. The lowest BCUT2D eigenvalue weighted by Gasteiger charge is -2.14. The van der Waals surface area contributed by atoms with E-state index in [4.69, 9.17) is 29.2 Å². The third-order valence-corrected chi connectivity index (χ3v) is 5.00. The van der Waals surface area contributed by atoms with Gasteiger partial charge in [0.15, 0.2) is 23.9 Å². The van der Waals surface area contributed by atoms with Crippen LogP contribution >= 0.6 is 0 Å². The second-order valence-corrected chi connectivity index (χ2v) is 7.39. The number of amides is 1. The minimum absolute atomic E-state index is 0.0878. The lowest BCUT2D eigenvalue weighted by atomic mass is 10.1. The van der Waals surface area contributed by atoms with Gasteiger partial charge < -0.3 is 34.5 Å². The molecule has 2 aromatic carbocycles. The molecule has 3 N–H and O–H groups in total. The largest absolute Gasteiger partial charge is 0.493 e. The average Bonchev–Trinajstić information content (AvgIpc) is 3.14. The number of ether oxygens (including phenoxy) is 4. The number of hydrogen-bond acceptors (Lipinski definition) is 8. The Morgan fingerprint density at radius 2 is 1.80 bits per heavy atom. The lowest BCUT2D eigenvalue weighted by molar-refractivity contribution is -0.143. The molecular weight excluding hydrogens is 462 g/mol. The molecule has 2 aromatic rings. The van der Waals surface area contributed by atoms with Crippen molar-refractivity contribution in [1.29, 1.82) is 0 Å². The van der Waals surface area contributed by atoms with Crippen molar-refractivity contribution in [3.8, 4) is 23.0 Å². The highest BCUT2D eigenvalue weighted by Gasteiger charge is 2.28. The monoisotopic (exact) mass is 485 g/mol. The first-order valence-corrected chi connectivity index (χ1v) is 10.4. The second-order valence-electron chi connectivity index (χ2n) is 7.39. The van der Waals surface area contributed by atoms with Crippen LogP contribution in [-0.4, -0.2) is 60.7 Å². The molecule has 0 unspecified atom stereocenters. The summed E-state index contributed by atoms with van der Waals surface area (Å²) < 4.78 is 21.5. The molecule has 0 saturated heterocycles. The van der Waals surface area contributed by atoms with Crippen LogP contribution in [0.5, 0.6) is 23.0 Å². The quantitative estimate of drug-likeness (QED) is 0.403. The summed E-state index contributed by atoms with van der Waals surface area (Å²) in [7, 11) is 3.02. The van der Waals surface area contributed by atoms with Crippen molar-refractivity contribution in [2.24, 2.45) is 0 Å². The van der Waals surface area contributed by atoms with Gasteiger partial charge in [0, 0.05) is 12.5 Å². The summed E-state index contributed by atoms with van der Waals surface area (Å²) in [5.74, 6) is -2.01. The Morgan fingerprint density at radius 1 is 1.06 bits per heavy atom. The minimum atomic E-state index is -1.35. The molecule has 184 valence electrons. The number of hydrogen-bond donors (Lipinski definition) is 3. The van der Waals surface area contributed by atoms with Gasteiger partial charge in [0.25, 0.3) is 5.91 Å². The van der Waals surface area contributed by atoms with Crippen molar-refractivity contribution in [3.05, 3.63) is 53.3 Å². The Morgan fingerprint density at radius 3 is 2.46 bits per heavy atom. The first-order chi connectivity index (χ1) is 16.7. The lowest BCUT2D eigenvalue weighted by Crippen LogP contribution is -2.43. The van der Waals surface area contributed by atoms with Crippen LogP contribution in [0.2, 0.25) is 0 Å². The Labute approximate surface area is 199 Å². The summed E-state index contributed by atoms with van der Waals surface area (Å²) in [5, 5.41) is 20.0. The van der Waals surface area contributed by atoms with Gasteiger partial charge in [0.2, 0.25) is 5.78 Å². The fraction of sp³-hybridized carbons (Fsp3) is 0.250. The summed E-state index contributed by atoms with van der Waals surface area (Å²) in [4.78, 5) is 46.6. The van der Waals surface area contributed by atoms with E-state index in [1.54, 1.807) is 24.3 Å². The summed E-state index contributed by atoms with van der Waals surface area (Å²) in [6.07, 6.45) is 0.884. The summed E-state index contributed by atoms with van der Waals surface area (Å²) in [6.45, 7) is -0.516. The number of methoxy groups -OCH3 is 2. The van der Waals surface area contributed by atoms with Crippen LogP contribution < -0.4 is 24.3 Å². The zero-order chi connectivity index (χ0) is 25.5. The Balaban J connectivity index is 1.65. The van der Waals surface area contributed by atoms with Crippen molar-refractivity contribution < 1.29 is 48.3 Å². The molecule has 1 aliphatic rings. The fourth-order valence-electron chi connectivity index (χ4n) is 3.26. The first kappa shape index (κ1) is 25.1. The van der Waals surface area contributed by atoms with Crippen molar-refractivity contribution in [2.45, 2.75) is 18.9 Å². The van der Waals surface area contributed by atoms with Crippen LogP contribution in [0.1, 0.15) is 28.8 Å².